The van der Waals surface area contributed by atoms with Gasteiger partial charge in [0.25, 0.3) is 0 Å². The molecule has 1 aliphatic carbocycles. The lowest BCUT2D eigenvalue weighted by molar-refractivity contribution is 0.205. The molecule has 0 saturated carbocycles. The van der Waals surface area contributed by atoms with Crippen molar-refractivity contribution in [3.05, 3.63) is 29.3 Å². The third-order valence-electron chi connectivity index (χ3n) is 3.26. The molecule has 2 rings (SSSR count). The average Bonchev–Trinajstić information content (AvgIpc) is 2.57. The number of hydrogen-bond acceptors (Lipinski definition) is 2. The van der Waals surface area contributed by atoms with E-state index in [0.29, 0.717) is 0 Å². The standard InChI is InChI=1S/C12H16O2/c1-12(8-13)6-5-9-3-4-10(14-2)7-11(9)12/h3-4,7,13H,5-6,8H2,1-2H3/t12-/m1/s1. The maximum absolute atomic E-state index is 9.39. The molecule has 2 heteroatoms. The van der Waals surface area contributed by atoms with Gasteiger partial charge in [-0.05, 0) is 36.1 Å². The van der Waals surface area contributed by atoms with Crippen LogP contribution in [0.4, 0.5) is 0 Å². The lowest BCUT2D eigenvalue weighted by Gasteiger charge is -2.22. The minimum Gasteiger partial charge on any atom is -0.497 e. The van der Waals surface area contributed by atoms with Crippen molar-refractivity contribution in [1.82, 2.24) is 0 Å². The Morgan fingerprint density at radius 3 is 2.93 bits per heavy atom. The number of ether oxygens (including phenoxy) is 1. The summed E-state index contributed by atoms with van der Waals surface area (Å²) >= 11 is 0. The molecule has 1 aromatic rings. The fourth-order valence-corrected chi connectivity index (χ4v) is 2.17. The zero-order chi connectivity index (χ0) is 10.2. The van der Waals surface area contributed by atoms with Crippen molar-refractivity contribution >= 4 is 0 Å². The molecule has 0 heterocycles. The minimum atomic E-state index is -0.0656. The van der Waals surface area contributed by atoms with E-state index >= 15 is 0 Å². The Morgan fingerprint density at radius 2 is 2.29 bits per heavy atom. The first-order valence-corrected chi connectivity index (χ1v) is 4.98. The van der Waals surface area contributed by atoms with Crippen molar-refractivity contribution in [2.75, 3.05) is 13.7 Å². The van der Waals surface area contributed by atoms with Crippen molar-refractivity contribution in [2.45, 2.75) is 25.2 Å². The van der Waals surface area contributed by atoms with Gasteiger partial charge in [-0.25, -0.2) is 0 Å². The molecule has 0 aliphatic heterocycles. The van der Waals surface area contributed by atoms with Crippen LogP contribution in [-0.4, -0.2) is 18.8 Å². The number of hydrogen-bond donors (Lipinski definition) is 1. The molecule has 14 heavy (non-hydrogen) atoms. The van der Waals surface area contributed by atoms with Crippen molar-refractivity contribution in [3.8, 4) is 5.75 Å². The van der Waals surface area contributed by atoms with Crippen LogP contribution in [0.1, 0.15) is 24.5 Å². The van der Waals surface area contributed by atoms with E-state index < -0.39 is 0 Å². The Labute approximate surface area is 84.5 Å². The maximum Gasteiger partial charge on any atom is 0.119 e. The number of benzene rings is 1. The molecule has 0 aromatic heterocycles. The smallest absolute Gasteiger partial charge is 0.119 e. The molecule has 2 nitrogen and oxygen atoms in total. The normalized spacial score (nSPS) is 24.8. The first-order valence-electron chi connectivity index (χ1n) is 4.98. The Hall–Kier alpha value is -1.02. The maximum atomic E-state index is 9.39. The Kier molecular flexibility index (Phi) is 2.23. The first kappa shape index (κ1) is 9.53. The summed E-state index contributed by atoms with van der Waals surface area (Å²) in [7, 11) is 1.67. The lowest BCUT2D eigenvalue weighted by atomic mass is 9.85. The number of fused-ring (bicyclic) bond motifs is 1. The number of aliphatic hydroxyl groups is 1. The van der Waals surface area contributed by atoms with E-state index in [1.807, 2.05) is 6.07 Å². The number of methoxy groups -OCH3 is 1. The zero-order valence-corrected chi connectivity index (χ0v) is 8.71. The Bertz CT molecular complexity index is 346. The highest BCUT2D eigenvalue weighted by Gasteiger charge is 2.33. The van der Waals surface area contributed by atoms with Crippen LogP contribution in [0.3, 0.4) is 0 Å². The fourth-order valence-electron chi connectivity index (χ4n) is 2.17. The van der Waals surface area contributed by atoms with Gasteiger partial charge in [0, 0.05) is 5.41 Å². The van der Waals surface area contributed by atoms with E-state index in [1.54, 1.807) is 7.11 Å². The third-order valence-corrected chi connectivity index (χ3v) is 3.26. The van der Waals surface area contributed by atoms with Crippen LogP contribution in [0.5, 0.6) is 5.75 Å². The van der Waals surface area contributed by atoms with Gasteiger partial charge in [-0.1, -0.05) is 13.0 Å². The molecule has 0 amide bonds. The largest absolute Gasteiger partial charge is 0.497 e. The third kappa shape index (κ3) is 1.30. The van der Waals surface area contributed by atoms with Gasteiger partial charge in [0.2, 0.25) is 0 Å². The highest BCUT2D eigenvalue weighted by molar-refractivity contribution is 5.44. The molecule has 1 aliphatic rings. The SMILES string of the molecule is COc1ccc2c(c1)[C@@](C)(CO)CC2. The number of rotatable bonds is 2. The lowest BCUT2D eigenvalue weighted by Crippen LogP contribution is -2.22. The number of aryl methyl sites for hydroxylation is 1. The highest BCUT2D eigenvalue weighted by Crippen LogP contribution is 2.39. The van der Waals surface area contributed by atoms with Gasteiger partial charge in [-0.15, -0.1) is 0 Å². The van der Waals surface area contributed by atoms with Crippen molar-refractivity contribution in [3.63, 3.8) is 0 Å². The van der Waals surface area contributed by atoms with Gasteiger partial charge in [0.05, 0.1) is 13.7 Å². The van der Waals surface area contributed by atoms with Gasteiger partial charge >= 0.3 is 0 Å². The summed E-state index contributed by atoms with van der Waals surface area (Å²) in [5, 5.41) is 9.39. The van der Waals surface area contributed by atoms with Gasteiger partial charge < -0.3 is 9.84 Å². The highest BCUT2D eigenvalue weighted by atomic mass is 16.5. The van der Waals surface area contributed by atoms with Crippen LogP contribution >= 0.6 is 0 Å². The predicted octanol–water partition coefficient (Wildman–Crippen LogP) is 1.89. The fraction of sp³-hybridized carbons (Fsp3) is 0.500. The summed E-state index contributed by atoms with van der Waals surface area (Å²) in [4.78, 5) is 0. The van der Waals surface area contributed by atoms with Crippen LogP contribution in [0.2, 0.25) is 0 Å². The molecule has 76 valence electrons. The van der Waals surface area contributed by atoms with Gasteiger partial charge in [-0.3, -0.25) is 0 Å². The molecule has 0 fully saturated rings. The first-order chi connectivity index (χ1) is 6.69. The molecule has 0 spiro atoms. The van der Waals surface area contributed by atoms with Gasteiger partial charge in [0.15, 0.2) is 0 Å². The number of aliphatic hydroxyl groups excluding tert-OH is 1. The summed E-state index contributed by atoms with van der Waals surface area (Å²) in [5.74, 6) is 0.880. The van der Waals surface area contributed by atoms with E-state index in [1.165, 1.54) is 11.1 Å². The predicted molar refractivity (Wildman–Crippen MR) is 55.8 cm³/mol. The van der Waals surface area contributed by atoms with E-state index in [9.17, 15) is 5.11 Å². The molecule has 1 N–H and O–H groups in total. The van der Waals surface area contributed by atoms with Crippen LogP contribution in [0.15, 0.2) is 18.2 Å². The molecule has 0 unspecified atom stereocenters. The van der Waals surface area contributed by atoms with Gasteiger partial charge in [-0.2, -0.15) is 0 Å². The molecule has 1 aromatic carbocycles. The molecular weight excluding hydrogens is 176 g/mol. The molecular formula is C12H16O2. The van der Waals surface area contributed by atoms with E-state index in [2.05, 4.69) is 19.1 Å². The second-order valence-electron chi connectivity index (χ2n) is 4.24. The summed E-state index contributed by atoms with van der Waals surface area (Å²) in [6, 6.07) is 6.15. The van der Waals surface area contributed by atoms with E-state index in [0.717, 1.165) is 18.6 Å². The molecule has 1 atom stereocenters. The Morgan fingerprint density at radius 1 is 1.50 bits per heavy atom. The second-order valence-corrected chi connectivity index (χ2v) is 4.24. The van der Waals surface area contributed by atoms with Crippen molar-refractivity contribution in [1.29, 1.82) is 0 Å². The molecule has 0 saturated heterocycles. The summed E-state index contributed by atoms with van der Waals surface area (Å²) in [6.45, 7) is 2.32. The minimum absolute atomic E-state index is 0.0656. The molecule has 0 bridgehead atoms. The van der Waals surface area contributed by atoms with Crippen LogP contribution in [0, 0.1) is 0 Å². The monoisotopic (exact) mass is 192 g/mol. The van der Waals surface area contributed by atoms with Crippen LogP contribution in [-0.2, 0) is 11.8 Å². The topological polar surface area (TPSA) is 29.5 Å². The van der Waals surface area contributed by atoms with E-state index in [-0.39, 0.29) is 12.0 Å². The second kappa shape index (κ2) is 3.28. The summed E-state index contributed by atoms with van der Waals surface area (Å²) in [5.41, 5.74) is 2.53. The van der Waals surface area contributed by atoms with E-state index in [4.69, 9.17) is 4.74 Å². The van der Waals surface area contributed by atoms with Gasteiger partial charge in [0.1, 0.15) is 5.75 Å². The van der Waals surface area contributed by atoms with Crippen LogP contribution < -0.4 is 4.74 Å². The van der Waals surface area contributed by atoms with Crippen molar-refractivity contribution in [2.24, 2.45) is 0 Å². The zero-order valence-electron chi connectivity index (χ0n) is 8.71. The van der Waals surface area contributed by atoms with Crippen molar-refractivity contribution < 1.29 is 9.84 Å². The van der Waals surface area contributed by atoms with Crippen LogP contribution in [0.25, 0.3) is 0 Å². The summed E-state index contributed by atoms with van der Waals surface area (Å²) < 4.78 is 5.20. The molecule has 0 radical (unpaired) electrons. The Balaban J connectivity index is 2.47. The average molecular weight is 192 g/mol. The summed E-state index contributed by atoms with van der Waals surface area (Å²) in [6.07, 6.45) is 2.10. The quantitative estimate of drug-likeness (QED) is 0.775.